The van der Waals surface area contributed by atoms with E-state index in [4.69, 9.17) is 16.6 Å². The lowest BCUT2D eigenvalue weighted by molar-refractivity contribution is -0.124. The number of pyridine rings is 1. The van der Waals surface area contributed by atoms with Crippen LogP contribution >= 0.6 is 11.6 Å². The Kier molecular flexibility index (Phi) is 6.53. The largest absolute Gasteiger partial charge is 0.362 e. The first-order valence-corrected chi connectivity index (χ1v) is 13.4. The molecule has 1 aliphatic heterocycles. The Labute approximate surface area is 240 Å². The predicted octanol–water partition coefficient (Wildman–Crippen LogP) is 3.50. The van der Waals surface area contributed by atoms with Crippen LogP contribution in [0.15, 0.2) is 36.8 Å². The van der Waals surface area contributed by atoms with Gasteiger partial charge in [-0.2, -0.15) is 0 Å². The van der Waals surface area contributed by atoms with Gasteiger partial charge in [-0.1, -0.05) is 11.6 Å². The van der Waals surface area contributed by atoms with Crippen LogP contribution < -0.4 is 15.5 Å². The van der Waals surface area contributed by atoms with E-state index in [-0.39, 0.29) is 36.2 Å². The van der Waals surface area contributed by atoms with Gasteiger partial charge < -0.3 is 15.0 Å². The number of imide groups is 1. The highest BCUT2D eigenvalue weighted by molar-refractivity contribution is 6.31. The zero-order valence-corrected chi connectivity index (χ0v) is 23.5. The fourth-order valence-electron chi connectivity index (χ4n) is 4.90. The third-order valence-electron chi connectivity index (χ3n) is 7.16. The monoisotopic (exact) mass is 574 g/mol. The Balaban J connectivity index is 1.19. The van der Waals surface area contributed by atoms with Gasteiger partial charge in [0, 0.05) is 49.2 Å². The number of nitrogens with zero attached hydrogens (tertiary/aromatic N) is 8. The molecule has 1 aliphatic carbocycles. The number of amides is 4. The van der Waals surface area contributed by atoms with Crippen molar-refractivity contribution in [1.82, 2.24) is 34.2 Å². The number of nitrogens with one attached hydrogen (secondary N) is 2. The number of imidazole rings is 1. The molecule has 2 N–H and O–H groups in total. The lowest BCUT2D eigenvalue weighted by Crippen LogP contribution is -2.30. The van der Waals surface area contributed by atoms with E-state index in [9.17, 15) is 14.4 Å². The van der Waals surface area contributed by atoms with Crippen LogP contribution in [0.25, 0.3) is 5.65 Å². The van der Waals surface area contributed by atoms with Gasteiger partial charge in [-0.15, -0.1) is 0 Å². The average molecular weight is 575 g/mol. The first kappa shape index (κ1) is 26.6. The van der Waals surface area contributed by atoms with E-state index in [0.717, 1.165) is 10.6 Å². The zero-order valence-electron chi connectivity index (χ0n) is 22.8. The van der Waals surface area contributed by atoms with Crippen molar-refractivity contribution < 1.29 is 14.4 Å². The second-order valence-electron chi connectivity index (χ2n) is 10.3. The summed E-state index contributed by atoms with van der Waals surface area (Å²) in [6.07, 6.45) is 5.88. The molecule has 1 unspecified atom stereocenters. The molecule has 2 fully saturated rings. The topological polar surface area (TPSA) is 151 Å². The van der Waals surface area contributed by atoms with Crippen molar-refractivity contribution in [3.63, 3.8) is 0 Å². The van der Waals surface area contributed by atoms with Gasteiger partial charge in [-0.25, -0.2) is 29.7 Å². The van der Waals surface area contributed by atoms with Gasteiger partial charge >= 0.3 is 6.03 Å². The summed E-state index contributed by atoms with van der Waals surface area (Å²) in [5.74, 6) is 1.41. The number of halogens is 1. The SMILES string of the molecule is Cc1ccnc([C@H]2C[C@@H]2C(=O)Nc2cc(NC(C)c3cn4cc(Cl)cc(N5CC(=O)N(C)C5=O)c4n3)nc(C)n2)n1. The molecule has 1 saturated carbocycles. The van der Waals surface area contributed by atoms with Gasteiger partial charge in [-0.3, -0.25) is 19.4 Å². The molecular formula is C27H27ClN10O3. The van der Waals surface area contributed by atoms with Gasteiger partial charge in [0.05, 0.1) is 22.4 Å². The van der Waals surface area contributed by atoms with Gasteiger partial charge in [-0.05, 0) is 39.3 Å². The molecule has 1 saturated heterocycles. The quantitative estimate of drug-likeness (QED) is 0.316. The van der Waals surface area contributed by atoms with Gasteiger partial charge in [0.1, 0.15) is 29.8 Å². The highest BCUT2D eigenvalue weighted by Gasteiger charge is 2.46. The number of aromatic nitrogens is 6. The van der Waals surface area contributed by atoms with Crippen molar-refractivity contribution in [2.24, 2.45) is 5.92 Å². The number of hydrogen-bond donors (Lipinski definition) is 2. The maximum Gasteiger partial charge on any atom is 0.331 e. The van der Waals surface area contributed by atoms with E-state index < -0.39 is 6.03 Å². The number of aryl methyl sites for hydroxylation is 2. The van der Waals surface area contributed by atoms with E-state index >= 15 is 0 Å². The molecule has 210 valence electrons. The minimum absolute atomic E-state index is 0.00160. The van der Waals surface area contributed by atoms with Crippen LogP contribution in [0.4, 0.5) is 22.1 Å². The van der Waals surface area contributed by atoms with Gasteiger partial charge in [0.25, 0.3) is 0 Å². The number of anilines is 3. The van der Waals surface area contributed by atoms with Crippen LogP contribution in [0.3, 0.4) is 0 Å². The average Bonchev–Trinajstić information content (AvgIpc) is 3.55. The lowest BCUT2D eigenvalue weighted by atomic mass is 10.2. The molecule has 2 aliphatic rings. The molecule has 0 aromatic carbocycles. The third kappa shape index (κ3) is 5.15. The Morgan fingerprint density at radius 2 is 1.88 bits per heavy atom. The third-order valence-corrected chi connectivity index (χ3v) is 7.37. The van der Waals surface area contributed by atoms with Crippen LogP contribution in [0, 0.1) is 19.8 Å². The van der Waals surface area contributed by atoms with Crippen molar-refractivity contribution in [1.29, 1.82) is 0 Å². The molecule has 0 bridgehead atoms. The van der Waals surface area contributed by atoms with Crippen LogP contribution in [0.5, 0.6) is 0 Å². The molecule has 4 amide bonds. The van der Waals surface area contributed by atoms with Crippen molar-refractivity contribution in [3.05, 3.63) is 64.8 Å². The summed E-state index contributed by atoms with van der Waals surface area (Å²) in [6.45, 7) is 5.47. The second-order valence-corrected chi connectivity index (χ2v) is 10.7. The Morgan fingerprint density at radius 1 is 1.10 bits per heavy atom. The summed E-state index contributed by atoms with van der Waals surface area (Å²) in [5.41, 5.74) is 2.45. The van der Waals surface area contributed by atoms with Gasteiger partial charge in [0.15, 0.2) is 5.65 Å². The van der Waals surface area contributed by atoms with E-state index in [2.05, 4.69) is 30.6 Å². The van der Waals surface area contributed by atoms with Crippen LogP contribution in [0.1, 0.15) is 48.3 Å². The van der Waals surface area contributed by atoms with Crippen molar-refractivity contribution in [2.75, 3.05) is 29.1 Å². The second kappa shape index (κ2) is 10.1. The molecule has 4 aromatic rings. The molecule has 4 aromatic heterocycles. The molecular weight excluding hydrogens is 548 g/mol. The number of carbonyl (C=O) groups is 3. The number of urea groups is 1. The molecule has 0 radical (unpaired) electrons. The summed E-state index contributed by atoms with van der Waals surface area (Å²) >= 11 is 6.34. The van der Waals surface area contributed by atoms with Crippen LogP contribution in [-0.4, -0.2) is 65.7 Å². The van der Waals surface area contributed by atoms with E-state index in [1.807, 2.05) is 19.9 Å². The van der Waals surface area contributed by atoms with E-state index in [1.54, 1.807) is 42.0 Å². The molecule has 14 heteroatoms. The standard InChI is InChI=1S/C27H27ClN10O3/c1-13-5-6-29-24(30-13)17-8-18(17)26(40)35-22-9-21(32-15(3)33-22)31-14(2)19-11-37-10-16(28)7-20(25(37)34-19)38-12-23(39)36(4)27(38)41/h5-7,9-11,14,17-18H,8,12H2,1-4H3,(H2,31,32,33,35,40)/t14?,17-,18-/m0/s1. The first-order chi connectivity index (χ1) is 19.6. The number of carbonyl (C=O) groups excluding carboxylic acids is 3. The summed E-state index contributed by atoms with van der Waals surface area (Å²) in [6, 6.07) is 4.36. The number of fused-ring (bicyclic) bond motifs is 1. The van der Waals surface area contributed by atoms with Gasteiger partial charge in [0.2, 0.25) is 11.8 Å². The Bertz CT molecular complexity index is 1720. The number of likely N-dealkylation sites (N-methyl/N-ethyl adjacent to an activating group) is 1. The molecule has 3 atom stereocenters. The Morgan fingerprint density at radius 3 is 2.61 bits per heavy atom. The predicted molar refractivity (Wildman–Crippen MR) is 151 cm³/mol. The van der Waals surface area contributed by atoms with E-state index in [0.29, 0.717) is 51.8 Å². The van der Waals surface area contributed by atoms with Crippen molar-refractivity contribution in [2.45, 2.75) is 39.2 Å². The number of rotatable bonds is 7. The van der Waals surface area contributed by atoms with E-state index in [1.165, 1.54) is 11.9 Å². The normalized spacial score (nSPS) is 19.1. The summed E-state index contributed by atoms with van der Waals surface area (Å²) in [5, 5.41) is 6.61. The zero-order chi connectivity index (χ0) is 29.0. The van der Waals surface area contributed by atoms with Crippen molar-refractivity contribution >= 4 is 52.4 Å². The maximum atomic E-state index is 12.9. The van der Waals surface area contributed by atoms with Crippen LogP contribution in [-0.2, 0) is 9.59 Å². The van der Waals surface area contributed by atoms with Crippen LogP contribution in [0.2, 0.25) is 5.02 Å². The Hall–Kier alpha value is -4.65. The molecule has 6 rings (SSSR count). The fourth-order valence-corrected chi connectivity index (χ4v) is 5.10. The highest BCUT2D eigenvalue weighted by atomic mass is 35.5. The fraction of sp³-hybridized carbons (Fsp3) is 0.333. The summed E-state index contributed by atoms with van der Waals surface area (Å²) in [4.78, 5) is 62.4. The molecule has 5 heterocycles. The maximum absolute atomic E-state index is 12.9. The molecule has 0 spiro atoms. The summed E-state index contributed by atoms with van der Waals surface area (Å²) in [7, 11) is 1.44. The smallest absolute Gasteiger partial charge is 0.331 e. The lowest BCUT2D eigenvalue weighted by Gasteiger charge is -2.16. The number of hydrogen-bond acceptors (Lipinski definition) is 9. The molecule has 41 heavy (non-hydrogen) atoms. The minimum Gasteiger partial charge on any atom is -0.362 e. The summed E-state index contributed by atoms with van der Waals surface area (Å²) < 4.78 is 1.72. The first-order valence-electron chi connectivity index (χ1n) is 13.1. The minimum atomic E-state index is -0.440. The van der Waals surface area contributed by atoms with Crippen molar-refractivity contribution in [3.8, 4) is 0 Å². The highest BCUT2D eigenvalue weighted by Crippen LogP contribution is 2.46. The molecule has 13 nitrogen and oxygen atoms in total.